The number of rotatable bonds is 5. The maximum atomic E-state index is 9.17. The summed E-state index contributed by atoms with van der Waals surface area (Å²) < 4.78 is 0. The zero-order chi connectivity index (χ0) is 28.3. The van der Waals surface area contributed by atoms with Crippen molar-refractivity contribution < 1.29 is 0 Å². The molecule has 0 unspecified atom stereocenters. The van der Waals surface area contributed by atoms with Gasteiger partial charge in [0.2, 0.25) is 0 Å². The molecule has 0 aliphatic heterocycles. The largest absolute Gasteiger partial charge is 0.256 e. The smallest absolute Gasteiger partial charge is 0.0991 e. The molecule has 0 amide bonds. The van der Waals surface area contributed by atoms with E-state index in [1.54, 1.807) is 0 Å². The van der Waals surface area contributed by atoms with Crippen molar-refractivity contribution in [1.82, 2.24) is 15.0 Å². The minimum Gasteiger partial charge on any atom is -0.256 e. The first-order valence-corrected chi connectivity index (χ1v) is 13.8. The summed E-state index contributed by atoms with van der Waals surface area (Å²) in [6.45, 7) is 0. The summed E-state index contributed by atoms with van der Waals surface area (Å²) in [6.07, 6.45) is 1.81. The minimum atomic E-state index is 0.646. The van der Waals surface area contributed by atoms with Gasteiger partial charge in [-0.15, -0.1) is 0 Å². The molecule has 0 radical (unpaired) electrons. The van der Waals surface area contributed by atoms with E-state index < -0.39 is 0 Å². The Hall–Kier alpha value is -5.92. The molecule has 42 heavy (non-hydrogen) atoms. The van der Waals surface area contributed by atoms with E-state index in [4.69, 9.17) is 9.97 Å². The highest BCUT2D eigenvalue weighted by molar-refractivity contribution is 5.90. The van der Waals surface area contributed by atoms with Gasteiger partial charge in [0.1, 0.15) is 0 Å². The first-order chi connectivity index (χ1) is 20.8. The van der Waals surface area contributed by atoms with E-state index in [9.17, 15) is 5.26 Å². The average molecular weight is 537 g/mol. The molecule has 0 bridgehead atoms. The SMILES string of the molecule is N#Cc1ccc(-c2ccc(-c3nc(-c4ccccc4)c(-c4ccccc4)nc3-c3ccc4ncccc4c3)cc2)cc1. The highest BCUT2D eigenvalue weighted by Gasteiger charge is 2.19. The summed E-state index contributed by atoms with van der Waals surface area (Å²) in [7, 11) is 0. The molecule has 0 fully saturated rings. The molecule has 0 saturated heterocycles. The molecule has 0 saturated carbocycles. The molecule has 196 valence electrons. The molecule has 0 aliphatic rings. The summed E-state index contributed by atoms with van der Waals surface area (Å²) in [4.78, 5) is 15.2. The van der Waals surface area contributed by atoms with Crippen LogP contribution in [-0.4, -0.2) is 15.0 Å². The summed E-state index contributed by atoms with van der Waals surface area (Å²) in [5, 5.41) is 10.2. The molecule has 2 heterocycles. The van der Waals surface area contributed by atoms with Crippen LogP contribution in [0.3, 0.4) is 0 Å². The van der Waals surface area contributed by atoms with Gasteiger partial charge in [-0.25, -0.2) is 9.97 Å². The molecule has 7 rings (SSSR count). The second-order valence-electron chi connectivity index (χ2n) is 10.0. The van der Waals surface area contributed by atoms with Gasteiger partial charge in [0.25, 0.3) is 0 Å². The molecular weight excluding hydrogens is 512 g/mol. The van der Waals surface area contributed by atoms with Gasteiger partial charge < -0.3 is 0 Å². The van der Waals surface area contributed by atoms with Crippen molar-refractivity contribution in [3.05, 3.63) is 151 Å². The number of nitriles is 1. The van der Waals surface area contributed by atoms with Crippen molar-refractivity contribution in [2.45, 2.75) is 0 Å². The van der Waals surface area contributed by atoms with E-state index in [0.29, 0.717) is 5.56 Å². The van der Waals surface area contributed by atoms with E-state index in [-0.39, 0.29) is 0 Å². The van der Waals surface area contributed by atoms with Crippen LogP contribution in [0.25, 0.3) is 67.1 Å². The number of aromatic nitrogens is 3. The lowest BCUT2D eigenvalue weighted by atomic mass is 9.97. The Bertz CT molecular complexity index is 2060. The lowest BCUT2D eigenvalue weighted by Gasteiger charge is -2.16. The van der Waals surface area contributed by atoms with Crippen LogP contribution in [0.4, 0.5) is 0 Å². The lowest BCUT2D eigenvalue weighted by Crippen LogP contribution is -2.01. The molecule has 2 aromatic heterocycles. The first-order valence-electron chi connectivity index (χ1n) is 13.8. The molecule has 4 nitrogen and oxygen atoms in total. The van der Waals surface area contributed by atoms with Crippen LogP contribution in [0.15, 0.2) is 146 Å². The zero-order valence-corrected chi connectivity index (χ0v) is 22.6. The third-order valence-corrected chi connectivity index (χ3v) is 7.37. The molecule has 0 spiro atoms. The van der Waals surface area contributed by atoms with Gasteiger partial charge in [0.05, 0.1) is 39.9 Å². The number of nitrogens with zero attached hydrogens (tertiary/aromatic N) is 4. The van der Waals surface area contributed by atoms with Gasteiger partial charge in [-0.3, -0.25) is 4.98 Å². The van der Waals surface area contributed by atoms with Crippen LogP contribution in [0.2, 0.25) is 0 Å². The number of hydrogen-bond acceptors (Lipinski definition) is 4. The third-order valence-electron chi connectivity index (χ3n) is 7.37. The zero-order valence-electron chi connectivity index (χ0n) is 22.6. The van der Waals surface area contributed by atoms with Gasteiger partial charge in [-0.2, -0.15) is 5.26 Å². The van der Waals surface area contributed by atoms with Crippen LogP contribution in [0.1, 0.15) is 5.56 Å². The first kappa shape index (κ1) is 25.1. The fourth-order valence-corrected chi connectivity index (χ4v) is 5.21. The average Bonchev–Trinajstić information content (AvgIpc) is 3.08. The molecule has 7 aromatic rings. The number of hydrogen-bond donors (Lipinski definition) is 0. The summed E-state index contributed by atoms with van der Waals surface area (Å²) >= 11 is 0. The van der Waals surface area contributed by atoms with Crippen molar-refractivity contribution in [2.75, 3.05) is 0 Å². The minimum absolute atomic E-state index is 0.646. The van der Waals surface area contributed by atoms with Gasteiger partial charge >= 0.3 is 0 Å². The molecule has 4 heteroatoms. The quantitative estimate of drug-likeness (QED) is 0.220. The maximum Gasteiger partial charge on any atom is 0.0991 e. The Balaban J connectivity index is 1.45. The Kier molecular flexibility index (Phi) is 6.52. The Labute approximate surface area is 244 Å². The third kappa shape index (κ3) is 4.81. The number of benzene rings is 5. The van der Waals surface area contributed by atoms with Crippen LogP contribution < -0.4 is 0 Å². The van der Waals surface area contributed by atoms with Gasteiger partial charge in [0, 0.05) is 33.8 Å². The van der Waals surface area contributed by atoms with Crippen molar-refractivity contribution in [2.24, 2.45) is 0 Å². The number of pyridine rings is 1. The summed E-state index contributed by atoms with van der Waals surface area (Å²) in [5.74, 6) is 0. The predicted molar refractivity (Wildman–Crippen MR) is 169 cm³/mol. The summed E-state index contributed by atoms with van der Waals surface area (Å²) in [6, 6.07) is 49.0. The monoisotopic (exact) mass is 536 g/mol. The van der Waals surface area contributed by atoms with Crippen LogP contribution >= 0.6 is 0 Å². The molecule has 0 N–H and O–H groups in total. The molecule has 0 aliphatic carbocycles. The topological polar surface area (TPSA) is 62.5 Å². The fourth-order valence-electron chi connectivity index (χ4n) is 5.21. The Morgan fingerprint density at radius 3 is 1.48 bits per heavy atom. The summed E-state index contributed by atoms with van der Waals surface area (Å²) in [5.41, 5.74) is 11.0. The van der Waals surface area contributed by atoms with Crippen molar-refractivity contribution in [1.29, 1.82) is 5.26 Å². The van der Waals surface area contributed by atoms with Gasteiger partial charge in [-0.05, 0) is 41.5 Å². The second kappa shape index (κ2) is 10.9. The lowest BCUT2D eigenvalue weighted by molar-refractivity contribution is 1.22. The van der Waals surface area contributed by atoms with Crippen LogP contribution in [0, 0.1) is 11.3 Å². The predicted octanol–water partition coefficient (Wildman–Crippen LogP) is 9.23. The van der Waals surface area contributed by atoms with Crippen LogP contribution in [-0.2, 0) is 0 Å². The molecule has 0 atom stereocenters. The normalized spacial score (nSPS) is 10.8. The van der Waals surface area contributed by atoms with E-state index >= 15 is 0 Å². The Morgan fingerprint density at radius 2 is 0.905 bits per heavy atom. The van der Waals surface area contributed by atoms with Crippen LogP contribution in [0.5, 0.6) is 0 Å². The number of fused-ring (bicyclic) bond motifs is 1. The van der Waals surface area contributed by atoms with E-state index in [0.717, 1.165) is 67.1 Å². The van der Waals surface area contributed by atoms with Crippen molar-refractivity contribution in [3.8, 4) is 62.2 Å². The van der Waals surface area contributed by atoms with E-state index in [1.807, 2.05) is 79.0 Å². The van der Waals surface area contributed by atoms with Crippen molar-refractivity contribution >= 4 is 10.9 Å². The highest BCUT2D eigenvalue weighted by Crippen LogP contribution is 2.38. The van der Waals surface area contributed by atoms with Gasteiger partial charge in [0.15, 0.2) is 0 Å². The van der Waals surface area contributed by atoms with E-state index in [2.05, 4.69) is 77.8 Å². The Morgan fingerprint density at radius 1 is 0.429 bits per heavy atom. The van der Waals surface area contributed by atoms with Crippen molar-refractivity contribution in [3.63, 3.8) is 0 Å². The van der Waals surface area contributed by atoms with Gasteiger partial charge in [-0.1, -0.05) is 109 Å². The molecular formula is C38H24N4. The molecule has 5 aromatic carbocycles. The second-order valence-corrected chi connectivity index (χ2v) is 10.0. The standard InChI is InChI=1S/C38H24N4/c39-25-26-13-15-27(16-14-26)28-17-19-31(20-18-28)37-38(33-21-22-34-32(24-33)12-7-23-40-34)42-36(30-10-5-2-6-11-30)35(41-37)29-8-3-1-4-9-29/h1-24H. The fraction of sp³-hybridized carbons (Fsp3) is 0. The van der Waals surface area contributed by atoms with E-state index in [1.165, 1.54) is 0 Å². The highest BCUT2D eigenvalue weighted by atomic mass is 14.9. The maximum absolute atomic E-state index is 9.17.